The Morgan fingerprint density at radius 3 is 2.44 bits per heavy atom. The smallest absolute Gasteiger partial charge is 0.305 e. The standard InChI is InChI=1S/C8H14.C6H10O2/c1-3-5-7-8-6-4-2;1-3-4-5-6(7)8-2/h3,5-6,8H,4,7H2,1-2H3;3H,1,4-5H2,2H3/b5-3-,8-6-;. The maximum absolute atomic E-state index is 10.3. The van der Waals surface area contributed by atoms with Gasteiger partial charge in [0.25, 0.3) is 0 Å². The van der Waals surface area contributed by atoms with Gasteiger partial charge in [-0.3, -0.25) is 4.79 Å². The van der Waals surface area contributed by atoms with Gasteiger partial charge in [0.2, 0.25) is 0 Å². The largest absolute Gasteiger partial charge is 0.469 e. The molecule has 0 aromatic heterocycles. The van der Waals surface area contributed by atoms with Crippen LogP contribution in [0.5, 0.6) is 0 Å². The average Bonchev–Trinajstić information content (AvgIpc) is 2.32. The second-order valence-corrected chi connectivity index (χ2v) is 3.09. The highest BCUT2D eigenvalue weighted by Gasteiger charge is 1.93. The first-order valence-electron chi connectivity index (χ1n) is 5.66. The number of carbonyl (C=O) groups is 1. The molecule has 0 aliphatic heterocycles. The van der Waals surface area contributed by atoms with Crippen LogP contribution in [-0.2, 0) is 9.53 Å². The van der Waals surface area contributed by atoms with E-state index in [1.54, 1.807) is 6.08 Å². The zero-order chi connectivity index (χ0) is 12.6. The van der Waals surface area contributed by atoms with Crippen LogP contribution in [0.15, 0.2) is 37.0 Å². The molecular weight excluding hydrogens is 200 g/mol. The van der Waals surface area contributed by atoms with Crippen LogP contribution in [0.2, 0.25) is 0 Å². The lowest BCUT2D eigenvalue weighted by atomic mass is 10.3. The summed E-state index contributed by atoms with van der Waals surface area (Å²) < 4.78 is 4.37. The van der Waals surface area contributed by atoms with Gasteiger partial charge in [-0.25, -0.2) is 0 Å². The minimum absolute atomic E-state index is 0.176. The molecule has 0 heterocycles. The van der Waals surface area contributed by atoms with Crippen LogP contribution >= 0.6 is 0 Å². The third-order valence-electron chi connectivity index (χ3n) is 1.69. The Hall–Kier alpha value is -1.31. The van der Waals surface area contributed by atoms with Gasteiger partial charge < -0.3 is 4.74 Å². The zero-order valence-electron chi connectivity index (χ0n) is 10.7. The number of hydrogen-bond acceptors (Lipinski definition) is 2. The van der Waals surface area contributed by atoms with E-state index < -0.39 is 0 Å². The van der Waals surface area contributed by atoms with E-state index in [4.69, 9.17) is 0 Å². The van der Waals surface area contributed by atoms with Gasteiger partial charge >= 0.3 is 5.97 Å². The summed E-state index contributed by atoms with van der Waals surface area (Å²) in [7, 11) is 1.38. The van der Waals surface area contributed by atoms with E-state index >= 15 is 0 Å². The maximum Gasteiger partial charge on any atom is 0.305 e. The average molecular weight is 224 g/mol. The van der Waals surface area contributed by atoms with Crippen LogP contribution in [0, 0.1) is 0 Å². The summed E-state index contributed by atoms with van der Waals surface area (Å²) in [6, 6.07) is 0. The number of methoxy groups -OCH3 is 1. The molecule has 92 valence electrons. The molecule has 0 fully saturated rings. The van der Waals surface area contributed by atoms with Crippen molar-refractivity contribution in [2.75, 3.05) is 7.11 Å². The summed E-state index contributed by atoms with van der Waals surface area (Å²) in [6.45, 7) is 7.65. The molecule has 0 rings (SSSR count). The molecule has 0 aliphatic rings. The molecule has 0 bridgehead atoms. The second kappa shape index (κ2) is 16.1. The number of hydrogen-bond donors (Lipinski definition) is 0. The minimum atomic E-state index is -0.176. The Balaban J connectivity index is 0. The number of esters is 1. The van der Waals surface area contributed by atoms with Crippen molar-refractivity contribution >= 4 is 5.97 Å². The summed E-state index contributed by atoms with van der Waals surface area (Å²) in [6.07, 6.45) is 13.7. The quantitative estimate of drug-likeness (QED) is 0.502. The van der Waals surface area contributed by atoms with E-state index in [-0.39, 0.29) is 5.97 Å². The fraction of sp³-hybridized carbons (Fsp3) is 0.500. The second-order valence-electron chi connectivity index (χ2n) is 3.09. The lowest BCUT2D eigenvalue weighted by molar-refractivity contribution is -0.140. The highest BCUT2D eigenvalue weighted by Crippen LogP contribution is 1.90. The van der Waals surface area contributed by atoms with Crippen molar-refractivity contribution in [1.29, 1.82) is 0 Å². The molecule has 16 heavy (non-hydrogen) atoms. The van der Waals surface area contributed by atoms with Gasteiger partial charge in [0.05, 0.1) is 7.11 Å². The van der Waals surface area contributed by atoms with Crippen molar-refractivity contribution in [3.8, 4) is 0 Å². The van der Waals surface area contributed by atoms with E-state index in [2.05, 4.69) is 42.5 Å². The van der Waals surface area contributed by atoms with Crippen LogP contribution in [-0.4, -0.2) is 13.1 Å². The van der Waals surface area contributed by atoms with Crippen molar-refractivity contribution in [2.45, 2.75) is 39.5 Å². The fourth-order valence-electron chi connectivity index (χ4n) is 0.800. The Labute approximate surface area is 99.7 Å². The van der Waals surface area contributed by atoms with E-state index in [9.17, 15) is 4.79 Å². The highest BCUT2D eigenvalue weighted by atomic mass is 16.5. The van der Waals surface area contributed by atoms with Gasteiger partial charge in [-0.2, -0.15) is 0 Å². The Kier molecular flexibility index (Phi) is 17.2. The van der Waals surface area contributed by atoms with Gasteiger partial charge in [-0.05, 0) is 26.2 Å². The van der Waals surface area contributed by atoms with E-state index in [0.29, 0.717) is 12.8 Å². The van der Waals surface area contributed by atoms with Crippen molar-refractivity contribution in [1.82, 2.24) is 0 Å². The van der Waals surface area contributed by atoms with E-state index in [1.165, 1.54) is 7.11 Å². The predicted molar refractivity (Wildman–Crippen MR) is 70.3 cm³/mol. The third-order valence-corrected chi connectivity index (χ3v) is 1.69. The van der Waals surface area contributed by atoms with Crippen molar-refractivity contribution in [2.24, 2.45) is 0 Å². The van der Waals surface area contributed by atoms with Crippen LogP contribution in [0.4, 0.5) is 0 Å². The third kappa shape index (κ3) is 18.5. The zero-order valence-corrected chi connectivity index (χ0v) is 10.7. The molecule has 0 amide bonds. The monoisotopic (exact) mass is 224 g/mol. The van der Waals surface area contributed by atoms with Gasteiger partial charge in [0.1, 0.15) is 0 Å². The van der Waals surface area contributed by atoms with Crippen LogP contribution in [0.25, 0.3) is 0 Å². The molecule has 0 unspecified atom stereocenters. The molecule has 0 radical (unpaired) electrons. The van der Waals surface area contributed by atoms with Gasteiger partial charge in [-0.15, -0.1) is 6.58 Å². The number of ether oxygens (including phenoxy) is 1. The summed E-state index contributed by atoms with van der Waals surface area (Å²) >= 11 is 0. The van der Waals surface area contributed by atoms with Crippen LogP contribution in [0.3, 0.4) is 0 Å². The van der Waals surface area contributed by atoms with Gasteiger partial charge in [0.15, 0.2) is 0 Å². The summed E-state index contributed by atoms with van der Waals surface area (Å²) in [5, 5.41) is 0. The molecule has 0 N–H and O–H groups in total. The number of rotatable bonds is 6. The van der Waals surface area contributed by atoms with Gasteiger partial charge in [0, 0.05) is 6.42 Å². The first kappa shape index (κ1) is 17.1. The van der Waals surface area contributed by atoms with Crippen LogP contribution in [0.1, 0.15) is 39.5 Å². The predicted octanol–water partition coefficient (Wildman–Crippen LogP) is 4.04. The SMILES string of the molecule is C/C=C\C/C=C\CC.C=CCCC(=O)OC. The summed E-state index contributed by atoms with van der Waals surface area (Å²) in [5.74, 6) is -0.176. The van der Waals surface area contributed by atoms with Crippen LogP contribution < -0.4 is 0 Å². The molecular formula is C14H24O2. The highest BCUT2D eigenvalue weighted by molar-refractivity contribution is 5.69. The van der Waals surface area contributed by atoms with Crippen molar-refractivity contribution in [3.05, 3.63) is 37.0 Å². The molecule has 2 heteroatoms. The molecule has 0 saturated heterocycles. The molecule has 0 atom stereocenters. The number of allylic oxidation sites excluding steroid dienone is 5. The molecule has 0 aromatic rings. The lowest BCUT2D eigenvalue weighted by Gasteiger charge is -1.91. The van der Waals surface area contributed by atoms with E-state index in [1.807, 2.05) is 6.92 Å². The topological polar surface area (TPSA) is 26.3 Å². The molecule has 0 aromatic carbocycles. The minimum Gasteiger partial charge on any atom is -0.469 e. The normalized spacial score (nSPS) is 9.94. The molecule has 0 spiro atoms. The van der Waals surface area contributed by atoms with Crippen molar-refractivity contribution < 1.29 is 9.53 Å². The fourth-order valence-corrected chi connectivity index (χ4v) is 0.800. The first-order chi connectivity index (χ1) is 7.72. The Morgan fingerprint density at radius 1 is 1.31 bits per heavy atom. The number of carbonyl (C=O) groups excluding carboxylic acids is 1. The maximum atomic E-state index is 10.3. The van der Waals surface area contributed by atoms with E-state index in [0.717, 1.165) is 12.8 Å². The molecule has 2 nitrogen and oxygen atoms in total. The summed E-state index contributed by atoms with van der Waals surface area (Å²) in [5.41, 5.74) is 0. The molecule has 0 aliphatic carbocycles. The molecule has 0 saturated carbocycles. The lowest BCUT2D eigenvalue weighted by Crippen LogP contribution is -1.97. The first-order valence-corrected chi connectivity index (χ1v) is 5.66. The van der Waals surface area contributed by atoms with Gasteiger partial charge in [-0.1, -0.05) is 37.3 Å². The Bertz CT molecular complexity index is 215. The van der Waals surface area contributed by atoms with Crippen molar-refractivity contribution in [3.63, 3.8) is 0 Å². The Morgan fingerprint density at radius 2 is 2.00 bits per heavy atom. The summed E-state index contributed by atoms with van der Waals surface area (Å²) in [4.78, 5) is 10.3.